The Labute approximate surface area is 116 Å². The van der Waals surface area contributed by atoms with Crippen LogP contribution in [0.5, 0.6) is 0 Å². The lowest BCUT2D eigenvalue weighted by molar-refractivity contribution is 0.239. The van der Waals surface area contributed by atoms with Crippen molar-refractivity contribution in [3.8, 4) is 0 Å². The predicted molar refractivity (Wildman–Crippen MR) is 76.0 cm³/mol. The van der Waals surface area contributed by atoms with Gasteiger partial charge in [0.25, 0.3) is 5.56 Å². The van der Waals surface area contributed by atoms with Gasteiger partial charge in [-0.3, -0.25) is 9.78 Å². The van der Waals surface area contributed by atoms with Gasteiger partial charge in [0.05, 0.1) is 18.2 Å². The largest absolute Gasteiger partial charge is 0.394 e. The van der Waals surface area contributed by atoms with Gasteiger partial charge >= 0.3 is 0 Å². The van der Waals surface area contributed by atoms with E-state index in [0.717, 1.165) is 0 Å². The SMILES string of the molecule is CC1(C)Nc2nc(N)[nH]c(=O)c2NC1CO.Cl.Cl. The Morgan fingerprint density at radius 2 is 2.06 bits per heavy atom. The number of aromatic nitrogens is 2. The molecule has 2 rings (SSSR count). The van der Waals surface area contributed by atoms with E-state index in [9.17, 15) is 9.90 Å². The Kier molecular flexibility index (Phi) is 5.27. The zero-order valence-electron chi connectivity index (χ0n) is 9.98. The number of nitrogen functional groups attached to an aromatic ring is 1. The molecule has 1 aromatic rings. The number of nitrogens with one attached hydrogen (secondary N) is 3. The van der Waals surface area contributed by atoms with Crippen LogP contribution in [0.15, 0.2) is 4.79 Å². The Bertz CT molecular complexity index is 477. The van der Waals surface area contributed by atoms with E-state index in [1.165, 1.54) is 0 Å². The second-order valence-electron chi connectivity index (χ2n) is 4.40. The maximum absolute atomic E-state index is 11.6. The molecule has 0 radical (unpaired) electrons. The molecule has 0 aromatic carbocycles. The number of hydrogen-bond donors (Lipinski definition) is 5. The van der Waals surface area contributed by atoms with E-state index in [2.05, 4.69) is 20.6 Å². The number of halogens is 2. The van der Waals surface area contributed by atoms with Crippen molar-refractivity contribution in [2.75, 3.05) is 23.0 Å². The number of aromatic amines is 1. The number of nitrogens with zero attached hydrogens (tertiary/aromatic N) is 1. The molecule has 0 saturated heterocycles. The van der Waals surface area contributed by atoms with Crippen molar-refractivity contribution in [1.29, 1.82) is 0 Å². The molecule has 7 nitrogen and oxygen atoms in total. The third-order valence-electron chi connectivity index (χ3n) is 2.75. The summed E-state index contributed by atoms with van der Waals surface area (Å²) in [6, 6.07) is -0.258. The molecular formula is C9H17Cl2N5O2. The predicted octanol–water partition coefficient (Wildman–Crippen LogP) is 0.173. The summed E-state index contributed by atoms with van der Waals surface area (Å²) >= 11 is 0. The Morgan fingerprint density at radius 3 is 2.61 bits per heavy atom. The van der Waals surface area contributed by atoms with Gasteiger partial charge in [-0.25, -0.2) is 0 Å². The highest BCUT2D eigenvalue weighted by atomic mass is 35.5. The van der Waals surface area contributed by atoms with Crippen LogP contribution in [0, 0.1) is 0 Å². The number of aliphatic hydroxyl groups excluding tert-OH is 1. The highest BCUT2D eigenvalue weighted by Gasteiger charge is 2.35. The molecule has 9 heteroatoms. The molecule has 0 saturated carbocycles. The first kappa shape index (κ1) is 16.8. The lowest BCUT2D eigenvalue weighted by Gasteiger charge is -2.40. The monoisotopic (exact) mass is 297 g/mol. The molecule has 6 N–H and O–H groups in total. The maximum atomic E-state index is 11.6. The van der Waals surface area contributed by atoms with E-state index in [-0.39, 0.29) is 49.0 Å². The Hall–Kier alpha value is -1.18. The standard InChI is InChI=1S/C9H15N5O2.2ClH/c1-9(2)4(3-15)11-5-6(14-9)12-8(10)13-7(5)16;;/h4,11,15H,3H2,1-2H3,(H4,10,12,13,14,16);2*1H. The van der Waals surface area contributed by atoms with Crippen LogP contribution in [-0.4, -0.2) is 33.3 Å². The second kappa shape index (κ2) is 5.64. The minimum Gasteiger partial charge on any atom is -0.394 e. The van der Waals surface area contributed by atoms with E-state index < -0.39 is 5.54 Å². The third kappa shape index (κ3) is 2.80. The first-order chi connectivity index (χ1) is 7.44. The number of H-pyrrole nitrogens is 1. The number of anilines is 3. The molecule has 1 aliphatic heterocycles. The van der Waals surface area contributed by atoms with Crippen molar-refractivity contribution in [3.63, 3.8) is 0 Å². The lowest BCUT2D eigenvalue weighted by Crippen LogP contribution is -2.54. The van der Waals surface area contributed by atoms with Crippen LogP contribution in [0.2, 0.25) is 0 Å². The first-order valence-corrected chi connectivity index (χ1v) is 4.99. The van der Waals surface area contributed by atoms with E-state index >= 15 is 0 Å². The van der Waals surface area contributed by atoms with Gasteiger partial charge in [0, 0.05) is 0 Å². The fourth-order valence-corrected chi connectivity index (χ4v) is 1.74. The molecule has 1 aromatic heterocycles. The van der Waals surface area contributed by atoms with Gasteiger partial charge in [0.15, 0.2) is 5.82 Å². The highest BCUT2D eigenvalue weighted by Crippen LogP contribution is 2.29. The van der Waals surface area contributed by atoms with E-state index in [4.69, 9.17) is 5.73 Å². The van der Waals surface area contributed by atoms with Crippen molar-refractivity contribution in [2.45, 2.75) is 25.4 Å². The molecule has 104 valence electrons. The van der Waals surface area contributed by atoms with Crippen LogP contribution in [0.3, 0.4) is 0 Å². The summed E-state index contributed by atoms with van der Waals surface area (Å²) in [7, 11) is 0. The van der Waals surface area contributed by atoms with E-state index in [0.29, 0.717) is 11.5 Å². The summed E-state index contributed by atoms with van der Waals surface area (Å²) < 4.78 is 0. The van der Waals surface area contributed by atoms with Crippen molar-refractivity contribution < 1.29 is 5.11 Å². The third-order valence-corrected chi connectivity index (χ3v) is 2.75. The lowest BCUT2D eigenvalue weighted by atomic mass is 9.92. The van der Waals surface area contributed by atoms with Gasteiger partial charge in [-0.05, 0) is 13.8 Å². The van der Waals surface area contributed by atoms with Crippen molar-refractivity contribution in [1.82, 2.24) is 9.97 Å². The molecule has 1 aliphatic rings. The van der Waals surface area contributed by atoms with Gasteiger partial charge < -0.3 is 21.5 Å². The highest BCUT2D eigenvalue weighted by molar-refractivity contribution is 5.85. The summed E-state index contributed by atoms with van der Waals surface area (Å²) in [5.41, 5.74) is 5.02. The zero-order valence-corrected chi connectivity index (χ0v) is 11.6. The Morgan fingerprint density at radius 1 is 1.44 bits per heavy atom. The molecule has 0 bridgehead atoms. The zero-order chi connectivity index (χ0) is 11.9. The molecule has 0 aliphatic carbocycles. The molecule has 2 heterocycles. The second-order valence-corrected chi connectivity index (χ2v) is 4.40. The maximum Gasteiger partial charge on any atom is 0.277 e. The molecule has 1 atom stereocenters. The number of rotatable bonds is 1. The number of aliphatic hydroxyl groups is 1. The van der Waals surface area contributed by atoms with Gasteiger partial charge in [0.1, 0.15) is 5.69 Å². The van der Waals surface area contributed by atoms with Gasteiger partial charge in [0.2, 0.25) is 5.95 Å². The number of hydrogen-bond acceptors (Lipinski definition) is 6. The minimum atomic E-state index is -0.408. The summed E-state index contributed by atoms with van der Waals surface area (Å²) in [6.45, 7) is 3.73. The molecule has 1 unspecified atom stereocenters. The fourth-order valence-electron chi connectivity index (χ4n) is 1.74. The average molecular weight is 298 g/mol. The molecule has 0 fully saturated rings. The summed E-state index contributed by atoms with van der Waals surface area (Å²) in [6.07, 6.45) is 0. The Balaban J connectivity index is 0.00000144. The fraction of sp³-hybridized carbons (Fsp3) is 0.556. The van der Waals surface area contributed by atoms with E-state index in [1.54, 1.807) is 0 Å². The minimum absolute atomic E-state index is 0. The topological polar surface area (TPSA) is 116 Å². The number of fused-ring (bicyclic) bond motifs is 1. The summed E-state index contributed by atoms with van der Waals surface area (Å²) in [5.74, 6) is 0.479. The number of nitrogens with two attached hydrogens (primary N) is 1. The van der Waals surface area contributed by atoms with E-state index in [1.807, 2.05) is 13.8 Å². The van der Waals surface area contributed by atoms with Gasteiger partial charge in [-0.15, -0.1) is 24.8 Å². The quantitative estimate of drug-likeness (QED) is 0.505. The van der Waals surface area contributed by atoms with Crippen LogP contribution in [-0.2, 0) is 0 Å². The first-order valence-electron chi connectivity index (χ1n) is 4.99. The van der Waals surface area contributed by atoms with Gasteiger partial charge in [-0.1, -0.05) is 0 Å². The summed E-state index contributed by atoms with van der Waals surface area (Å²) in [5, 5.41) is 15.3. The van der Waals surface area contributed by atoms with Crippen molar-refractivity contribution in [3.05, 3.63) is 10.4 Å². The van der Waals surface area contributed by atoms with Crippen LogP contribution in [0.4, 0.5) is 17.5 Å². The van der Waals surface area contributed by atoms with Crippen LogP contribution >= 0.6 is 24.8 Å². The van der Waals surface area contributed by atoms with Gasteiger partial charge in [-0.2, -0.15) is 4.98 Å². The van der Waals surface area contributed by atoms with Crippen molar-refractivity contribution >= 4 is 42.3 Å². The molecular weight excluding hydrogens is 281 g/mol. The van der Waals surface area contributed by atoms with Crippen LogP contribution < -0.4 is 21.9 Å². The smallest absolute Gasteiger partial charge is 0.277 e. The molecule has 18 heavy (non-hydrogen) atoms. The molecule has 0 amide bonds. The average Bonchev–Trinajstić information content (AvgIpc) is 2.14. The normalized spacial score (nSPS) is 19.4. The molecule has 0 spiro atoms. The summed E-state index contributed by atoms with van der Waals surface area (Å²) in [4.78, 5) is 18.0. The van der Waals surface area contributed by atoms with Crippen LogP contribution in [0.25, 0.3) is 0 Å². The van der Waals surface area contributed by atoms with Crippen LogP contribution in [0.1, 0.15) is 13.8 Å². The van der Waals surface area contributed by atoms with Crippen molar-refractivity contribution in [2.24, 2.45) is 0 Å².